The summed E-state index contributed by atoms with van der Waals surface area (Å²) in [5.74, 6) is 1.10. The van der Waals surface area contributed by atoms with Gasteiger partial charge in [-0.05, 0) is 54.4 Å². The molecule has 0 fully saturated rings. The summed E-state index contributed by atoms with van der Waals surface area (Å²) in [6, 6.07) is 12.5. The molecule has 1 heterocycles. The minimum Gasteiger partial charge on any atom is -0.497 e. The van der Waals surface area contributed by atoms with E-state index < -0.39 is 0 Å². The third kappa shape index (κ3) is 3.84. The van der Waals surface area contributed by atoms with Gasteiger partial charge in [0.1, 0.15) is 11.5 Å². The number of amides is 2. The van der Waals surface area contributed by atoms with Gasteiger partial charge in [0.05, 0.1) is 7.11 Å². The van der Waals surface area contributed by atoms with Crippen molar-refractivity contribution in [2.75, 3.05) is 24.4 Å². The van der Waals surface area contributed by atoms with Crippen LogP contribution < -0.4 is 20.1 Å². The fraction of sp³-hybridized carbons (Fsp3) is 0.222. The highest BCUT2D eigenvalue weighted by atomic mass is 16.5. The Balaban J connectivity index is 1.55. The first kappa shape index (κ1) is 15.9. The van der Waals surface area contributed by atoms with Gasteiger partial charge in [0.2, 0.25) is 5.91 Å². The Bertz CT molecular complexity index is 756. The van der Waals surface area contributed by atoms with E-state index in [1.165, 1.54) is 0 Å². The van der Waals surface area contributed by atoms with Crippen molar-refractivity contribution in [2.24, 2.45) is 0 Å². The van der Waals surface area contributed by atoms with Crippen LogP contribution in [0.2, 0.25) is 0 Å². The Morgan fingerprint density at radius 2 is 1.88 bits per heavy atom. The number of carbonyl (C=O) groups is 2. The molecule has 0 atom stereocenters. The highest BCUT2D eigenvalue weighted by Gasteiger charge is 2.15. The molecule has 2 aromatic carbocycles. The van der Waals surface area contributed by atoms with Crippen LogP contribution in [0.3, 0.4) is 0 Å². The molecule has 3 rings (SSSR count). The van der Waals surface area contributed by atoms with Crippen molar-refractivity contribution >= 4 is 23.2 Å². The van der Waals surface area contributed by atoms with Crippen LogP contribution in [0.1, 0.15) is 12.0 Å². The second kappa shape index (κ2) is 7.04. The number of ether oxygens (including phenoxy) is 2. The first-order chi connectivity index (χ1) is 11.6. The summed E-state index contributed by atoms with van der Waals surface area (Å²) in [7, 11) is 1.59. The molecule has 2 amide bonds. The van der Waals surface area contributed by atoms with Gasteiger partial charge >= 0.3 is 0 Å². The van der Waals surface area contributed by atoms with Crippen LogP contribution >= 0.6 is 0 Å². The van der Waals surface area contributed by atoms with Crippen LogP contribution in [0.25, 0.3) is 0 Å². The van der Waals surface area contributed by atoms with Gasteiger partial charge < -0.3 is 20.1 Å². The standard InChI is InChI=1S/C18H18N2O4/c1-23-14-4-6-15(7-5-14)24-11-18(22)19-13-3-8-16-12(10-13)2-9-17(21)20-16/h3-8,10H,2,9,11H2,1H3,(H,19,22)(H,20,21). The average Bonchev–Trinajstić information content (AvgIpc) is 2.60. The van der Waals surface area contributed by atoms with Crippen molar-refractivity contribution in [2.45, 2.75) is 12.8 Å². The highest BCUT2D eigenvalue weighted by Crippen LogP contribution is 2.25. The highest BCUT2D eigenvalue weighted by molar-refractivity contribution is 5.96. The first-order valence-electron chi connectivity index (χ1n) is 7.63. The van der Waals surface area contributed by atoms with E-state index in [1.807, 2.05) is 6.07 Å². The Morgan fingerprint density at radius 1 is 1.12 bits per heavy atom. The summed E-state index contributed by atoms with van der Waals surface area (Å²) in [6.07, 6.45) is 1.14. The van der Waals surface area contributed by atoms with Crippen molar-refractivity contribution in [1.29, 1.82) is 0 Å². The molecule has 0 spiro atoms. The fourth-order valence-electron chi connectivity index (χ4n) is 2.48. The first-order valence-corrected chi connectivity index (χ1v) is 7.63. The Labute approximate surface area is 139 Å². The summed E-state index contributed by atoms with van der Waals surface area (Å²) in [6.45, 7) is -0.0832. The van der Waals surface area contributed by atoms with Gasteiger partial charge in [-0.1, -0.05) is 0 Å². The van der Waals surface area contributed by atoms with Gasteiger partial charge in [-0.3, -0.25) is 9.59 Å². The predicted octanol–water partition coefficient (Wildman–Crippen LogP) is 2.60. The molecule has 2 aromatic rings. The van der Waals surface area contributed by atoms with E-state index in [-0.39, 0.29) is 18.4 Å². The molecule has 0 saturated heterocycles. The van der Waals surface area contributed by atoms with Crippen LogP contribution in [-0.4, -0.2) is 25.5 Å². The minimum atomic E-state index is -0.245. The molecule has 6 heteroatoms. The Morgan fingerprint density at radius 3 is 2.62 bits per heavy atom. The summed E-state index contributed by atoms with van der Waals surface area (Å²) < 4.78 is 10.5. The van der Waals surface area contributed by atoms with Crippen LogP contribution in [0, 0.1) is 0 Å². The monoisotopic (exact) mass is 326 g/mol. The van der Waals surface area contributed by atoms with Crippen molar-refractivity contribution in [3.05, 3.63) is 48.0 Å². The third-order valence-corrected chi connectivity index (χ3v) is 3.71. The number of fused-ring (bicyclic) bond motifs is 1. The smallest absolute Gasteiger partial charge is 0.262 e. The number of methoxy groups -OCH3 is 1. The topological polar surface area (TPSA) is 76.7 Å². The predicted molar refractivity (Wildman–Crippen MR) is 90.5 cm³/mol. The molecule has 124 valence electrons. The van der Waals surface area contributed by atoms with Crippen LogP contribution in [0.5, 0.6) is 11.5 Å². The number of rotatable bonds is 5. The average molecular weight is 326 g/mol. The van der Waals surface area contributed by atoms with Gasteiger partial charge in [-0.15, -0.1) is 0 Å². The summed E-state index contributed by atoms with van der Waals surface area (Å²) in [4.78, 5) is 23.3. The second-order valence-corrected chi connectivity index (χ2v) is 5.43. The quantitative estimate of drug-likeness (QED) is 0.885. The van der Waals surface area contributed by atoms with Gasteiger partial charge in [-0.2, -0.15) is 0 Å². The van der Waals surface area contributed by atoms with E-state index in [0.717, 1.165) is 17.0 Å². The lowest BCUT2D eigenvalue weighted by molar-refractivity contribution is -0.118. The molecule has 0 aromatic heterocycles. The number of anilines is 2. The number of carbonyl (C=O) groups excluding carboxylic acids is 2. The molecule has 6 nitrogen and oxygen atoms in total. The van der Waals surface area contributed by atoms with E-state index in [2.05, 4.69) is 10.6 Å². The van der Waals surface area contributed by atoms with E-state index >= 15 is 0 Å². The molecule has 1 aliphatic heterocycles. The van der Waals surface area contributed by atoms with Crippen LogP contribution in [0.15, 0.2) is 42.5 Å². The molecule has 1 aliphatic rings. The SMILES string of the molecule is COc1ccc(OCC(=O)Nc2ccc3c(c2)CCC(=O)N3)cc1. The largest absolute Gasteiger partial charge is 0.497 e. The van der Waals surface area contributed by atoms with Gasteiger partial charge in [0, 0.05) is 17.8 Å². The zero-order valence-corrected chi connectivity index (χ0v) is 13.3. The normalized spacial score (nSPS) is 12.8. The number of nitrogens with one attached hydrogen (secondary N) is 2. The Hall–Kier alpha value is -3.02. The zero-order valence-electron chi connectivity index (χ0n) is 13.3. The van der Waals surface area contributed by atoms with E-state index in [4.69, 9.17) is 9.47 Å². The maximum absolute atomic E-state index is 12.0. The molecule has 0 radical (unpaired) electrons. The van der Waals surface area contributed by atoms with Crippen LogP contribution in [-0.2, 0) is 16.0 Å². The van der Waals surface area contributed by atoms with E-state index in [0.29, 0.717) is 24.3 Å². The lowest BCUT2D eigenvalue weighted by Crippen LogP contribution is -2.21. The molecular weight excluding hydrogens is 308 g/mol. The number of hydrogen-bond donors (Lipinski definition) is 2. The molecule has 2 N–H and O–H groups in total. The number of hydrogen-bond acceptors (Lipinski definition) is 4. The summed E-state index contributed by atoms with van der Waals surface area (Å²) >= 11 is 0. The lowest BCUT2D eigenvalue weighted by Gasteiger charge is -2.17. The maximum Gasteiger partial charge on any atom is 0.262 e. The van der Waals surface area contributed by atoms with Crippen molar-refractivity contribution in [3.63, 3.8) is 0 Å². The van der Waals surface area contributed by atoms with Crippen molar-refractivity contribution < 1.29 is 19.1 Å². The molecular formula is C18H18N2O4. The number of benzene rings is 2. The molecule has 0 aliphatic carbocycles. The molecule has 24 heavy (non-hydrogen) atoms. The third-order valence-electron chi connectivity index (χ3n) is 3.71. The zero-order chi connectivity index (χ0) is 16.9. The van der Waals surface area contributed by atoms with Gasteiger partial charge in [0.25, 0.3) is 5.91 Å². The molecule has 0 unspecified atom stereocenters. The van der Waals surface area contributed by atoms with E-state index in [9.17, 15) is 9.59 Å². The van der Waals surface area contributed by atoms with E-state index in [1.54, 1.807) is 43.5 Å². The number of aryl methyl sites for hydroxylation is 1. The Kier molecular flexibility index (Phi) is 4.65. The lowest BCUT2D eigenvalue weighted by atomic mass is 10.0. The fourth-order valence-corrected chi connectivity index (χ4v) is 2.48. The van der Waals surface area contributed by atoms with Crippen LogP contribution in [0.4, 0.5) is 11.4 Å². The van der Waals surface area contributed by atoms with Gasteiger partial charge in [0.15, 0.2) is 6.61 Å². The summed E-state index contributed by atoms with van der Waals surface area (Å²) in [5.41, 5.74) is 2.51. The van der Waals surface area contributed by atoms with Crippen molar-refractivity contribution in [3.8, 4) is 11.5 Å². The minimum absolute atomic E-state index is 0.0205. The summed E-state index contributed by atoms with van der Waals surface area (Å²) in [5, 5.41) is 5.60. The second-order valence-electron chi connectivity index (χ2n) is 5.43. The maximum atomic E-state index is 12.0. The van der Waals surface area contributed by atoms with Crippen molar-refractivity contribution in [1.82, 2.24) is 0 Å². The molecule has 0 saturated carbocycles. The van der Waals surface area contributed by atoms with Gasteiger partial charge in [-0.25, -0.2) is 0 Å². The molecule has 0 bridgehead atoms.